The van der Waals surface area contributed by atoms with Crippen molar-refractivity contribution in [3.8, 4) is 11.6 Å². The van der Waals surface area contributed by atoms with Crippen LogP contribution in [0.3, 0.4) is 0 Å². The highest BCUT2D eigenvalue weighted by Crippen LogP contribution is 2.19. The van der Waals surface area contributed by atoms with Gasteiger partial charge in [-0.3, -0.25) is 0 Å². The number of halogens is 1. The molecule has 0 aliphatic rings. The summed E-state index contributed by atoms with van der Waals surface area (Å²) in [6.45, 7) is 1.93. The maximum atomic E-state index is 11.5. The lowest BCUT2D eigenvalue weighted by Gasteiger charge is -2.00. The van der Waals surface area contributed by atoms with E-state index in [4.69, 9.17) is 16.3 Å². The summed E-state index contributed by atoms with van der Waals surface area (Å²) in [4.78, 5) is 11.5. The molecular weight excluding hydrogens is 256 g/mol. The van der Waals surface area contributed by atoms with E-state index in [1.165, 1.54) is 10.9 Å². The van der Waals surface area contributed by atoms with Crippen molar-refractivity contribution < 1.29 is 14.6 Å². The second-order valence-electron chi connectivity index (χ2n) is 3.51. The van der Waals surface area contributed by atoms with Crippen molar-refractivity contribution in [2.75, 3.05) is 6.61 Å². The van der Waals surface area contributed by atoms with Crippen LogP contribution < -0.4 is 0 Å². The van der Waals surface area contributed by atoms with E-state index in [1.807, 2.05) is 0 Å². The topological polar surface area (TPSA) is 64.4 Å². The van der Waals surface area contributed by atoms with E-state index in [1.54, 1.807) is 31.2 Å². The molecule has 1 aromatic heterocycles. The molecule has 2 rings (SSSR count). The quantitative estimate of drug-likeness (QED) is 0.867. The van der Waals surface area contributed by atoms with Crippen LogP contribution in [0.4, 0.5) is 0 Å². The van der Waals surface area contributed by atoms with Crippen LogP contribution in [0.2, 0.25) is 5.02 Å². The first kappa shape index (κ1) is 12.4. The summed E-state index contributed by atoms with van der Waals surface area (Å²) in [6.07, 6.45) is 1.41. The number of aromatic hydroxyl groups is 1. The van der Waals surface area contributed by atoms with Crippen LogP contribution in [0.5, 0.6) is 5.88 Å². The van der Waals surface area contributed by atoms with Gasteiger partial charge in [0.2, 0.25) is 5.88 Å². The van der Waals surface area contributed by atoms with E-state index >= 15 is 0 Å². The van der Waals surface area contributed by atoms with Crippen LogP contribution in [0, 0.1) is 0 Å². The number of hydrogen-bond donors (Lipinski definition) is 1. The molecule has 0 radical (unpaired) electrons. The normalized spacial score (nSPS) is 10.3. The van der Waals surface area contributed by atoms with Crippen LogP contribution in [-0.4, -0.2) is 27.5 Å². The number of ether oxygens (including phenoxy) is 1. The highest BCUT2D eigenvalue weighted by molar-refractivity contribution is 6.30. The fourth-order valence-corrected chi connectivity index (χ4v) is 1.57. The predicted octanol–water partition coefficient (Wildman–Crippen LogP) is 2.41. The van der Waals surface area contributed by atoms with Crippen LogP contribution >= 0.6 is 11.6 Å². The second kappa shape index (κ2) is 5.10. The van der Waals surface area contributed by atoms with Crippen molar-refractivity contribution in [3.05, 3.63) is 41.0 Å². The van der Waals surface area contributed by atoms with Crippen LogP contribution in [-0.2, 0) is 4.74 Å². The molecule has 1 heterocycles. The first-order valence-corrected chi connectivity index (χ1v) is 5.71. The first-order valence-electron chi connectivity index (χ1n) is 5.33. The van der Waals surface area contributed by atoms with Gasteiger partial charge in [0.15, 0.2) is 0 Å². The van der Waals surface area contributed by atoms with Crippen molar-refractivity contribution in [2.45, 2.75) is 6.92 Å². The molecule has 0 aliphatic heterocycles. The molecule has 0 amide bonds. The Bertz CT molecular complexity index is 563. The zero-order valence-electron chi connectivity index (χ0n) is 9.63. The maximum absolute atomic E-state index is 11.5. The molecule has 2 aromatic rings. The van der Waals surface area contributed by atoms with Gasteiger partial charge in [-0.2, -0.15) is 0 Å². The van der Waals surface area contributed by atoms with Gasteiger partial charge in [-0.05, 0) is 31.2 Å². The monoisotopic (exact) mass is 266 g/mol. The summed E-state index contributed by atoms with van der Waals surface area (Å²) in [7, 11) is 0. The van der Waals surface area contributed by atoms with Gasteiger partial charge in [0.05, 0.1) is 12.3 Å². The van der Waals surface area contributed by atoms with Gasteiger partial charge in [0.1, 0.15) is 5.56 Å². The number of aromatic nitrogens is 2. The van der Waals surface area contributed by atoms with E-state index in [2.05, 4.69) is 5.10 Å². The van der Waals surface area contributed by atoms with Crippen LogP contribution in [0.15, 0.2) is 30.5 Å². The molecule has 0 atom stereocenters. The fourth-order valence-electron chi connectivity index (χ4n) is 1.44. The molecule has 0 bridgehead atoms. The summed E-state index contributed by atoms with van der Waals surface area (Å²) in [5.74, 6) is -0.960. The minimum Gasteiger partial charge on any atom is -0.492 e. The van der Waals surface area contributed by atoms with Crippen molar-refractivity contribution in [3.63, 3.8) is 0 Å². The van der Waals surface area contributed by atoms with Gasteiger partial charge < -0.3 is 9.84 Å². The predicted molar refractivity (Wildman–Crippen MR) is 66.2 cm³/mol. The van der Waals surface area contributed by atoms with Gasteiger partial charge in [0.25, 0.3) is 0 Å². The lowest BCUT2D eigenvalue weighted by Crippen LogP contribution is -2.03. The van der Waals surface area contributed by atoms with E-state index in [-0.39, 0.29) is 18.1 Å². The third-order valence-corrected chi connectivity index (χ3v) is 2.53. The lowest BCUT2D eigenvalue weighted by atomic mass is 10.3. The first-order chi connectivity index (χ1) is 8.61. The molecule has 94 valence electrons. The van der Waals surface area contributed by atoms with Gasteiger partial charge in [-0.25, -0.2) is 9.48 Å². The minimum absolute atomic E-state index is 0.0341. The Labute approximate surface area is 109 Å². The molecular formula is C12H11ClN2O3. The standard InChI is InChI=1S/C12H11ClN2O3/c1-2-18-12(17)10-7-15(14-11(10)16)9-5-3-8(13)4-6-9/h3-7H,2H2,1H3,(H,14,16). The zero-order chi connectivity index (χ0) is 13.1. The molecule has 18 heavy (non-hydrogen) atoms. The molecule has 0 saturated carbocycles. The molecule has 1 aromatic carbocycles. The van der Waals surface area contributed by atoms with Gasteiger partial charge in [-0.15, -0.1) is 5.10 Å². The van der Waals surface area contributed by atoms with Gasteiger partial charge in [-0.1, -0.05) is 11.6 Å². The summed E-state index contributed by atoms with van der Waals surface area (Å²) in [6, 6.07) is 6.84. The highest BCUT2D eigenvalue weighted by Gasteiger charge is 2.17. The number of nitrogens with zero attached hydrogens (tertiary/aromatic N) is 2. The maximum Gasteiger partial charge on any atom is 0.345 e. The summed E-state index contributed by atoms with van der Waals surface area (Å²) < 4.78 is 6.19. The average molecular weight is 267 g/mol. The van der Waals surface area contributed by atoms with Crippen LogP contribution in [0.25, 0.3) is 5.69 Å². The molecule has 0 fully saturated rings. The van der Waals surface area contributed by atoms with E-state index in [0.29, 0.717) is 10.7 Å². The number of rotatable bonds is 3. The third-order valence-electron chi connectivity index (χ3n) is 2.28. The number of benzene rings is 1. The van der Waals surface area contributed by atoms with Crippen molar-refractivity contribution in [1.29, 1.82) is 0 Å². The molecule has 0 unspecified atom stereocenters. The molecule has 0 aliphatic carbocycles. The molecule has 0 spiro atoms. The van der Waals surface area contributed by atoms with Crippen LogP contribution in [0.1, 0.15) is 17.3 Å². The van der Waals surface area contributed by atoms with Gasteiger partial charge in [0, 0.05) is 11.2 Å². The average Bonchev–Trinajstić information content (AvgIpc) is 2.72. The molecule has 0 saturated heterocycles. The van der Waals surface area contributed by atoms with E-state index < -0.39 is 5.97 Å². The molecule has 6 heteroatoms. The minimum atomic E-state index is -0.602. The number of esters is 1. The Hall–Kier alpha value is -2.01. The van der Waals surface area contributed by atoms with Crippen molar-refractivity contribution in [2.24, 2.45) is 0 Å². The summed E-state index contributed by atoms with van der Waals surface area (Å²) in [5.41, 5.74) is 0.719. The number of carbonyl (C=O) groups excluding carboxylic acids is 1. The van der Waals surface area contributed by atoms with Crippen molar-refractivity contribution >= 4 is 17.6 Å². The van der Waals surface area contributed by atoms with Crippen molar-refractivity contribution in [1.82, 2.24) is 9.78 Å². The zero-order valence-corrected chi connectivity index (χ0v) is 10.4. The smallest absolute Gasteiger partial charge is 0.345 e. The number of carbonyl (C=O) groups is 1. The third kappa shape index (κ3) is 2.46. The summed E-state index contributed by atoms with van der Waals surface area (Å²) in [5, 5.41) is 14.0. The largest absolute Gasteiger partial charge is 0.492 e. The summed E-state index contributed by atoms with van der Waals surface area (Å²) >= 11 is 5.77. The Balaban J connectivity index is 2.34. The Kier molecular flexibility index (Phi) is 3.53. The Morgan fingerprint density at radius 1 is 1.44 bits per heavy atom. The Morgan fingerprint density at radius 2 is 2.11 bits per heavy atom. The molecule has 5 nitrogen and oxygen atoms in total. The van der Waals surface area contributed by atoms with E-state index in [0.717, 1.165) is 0 Å². The van der Waals surface area contributed by atoms with Gasteiger partial charge >= 0.3 is 5.97 Å². The Morgan fingerprint density at radius 3 is 2.72 bits per heavy atom. The number of hydrogen-bond acceptors (Lipinski definition) is 4. The highest BCUT2D eigenvalue weighted by atomic mass is 35.5. The lowest BCUT2D eigenvalue weighted by molar-refractivity contribution is 0.0523. The fraction of sp³-hybridized carbons (Fsp3) is 0.167. The SMILES string of the molecule is CCOC(=O)c1cn(-c2ccc(Cl)cc2)nc1O. The van der Waals surface area contributed by atoms with E-state index in [9.17, 15) is 9.90 Å². The molecule has 1 N–H and O–H groups in total. The second-order valence-corrected chi connectivity index (χ2v) is 3.94.